The van der Waals surface area contributed by atoms with Crippen molar-refractivity contribution in [1.82, 2.24) is 4.90 Å². The van der Waals surface area contributed by atoms with Gasteiger partial charge >= 0.3 is 0 Å². The number of ether oxygens (including phenoxy) is 2. The summed E-state index contributed by atoms with van der Waals surface area (Å²) in [7, 11) is 1.73. The first kappa shape index (κ1) is 23.5. The van der Waals surface area contributed by atoms with Gasteiger partial charge < -0.3 is 19.5 Å². The molecule has 2 aromatic carbocycles. The normalized spacial score (nSPS) is 12.1. The maximum absolute atomic E-state index is 12.7. The average Bonchev–Trinajstić information content (AvgIpc) is 2.67. The Kier molecular flexibility index (Phi) is 9.24. The molecule has 1 amide bonds. The van der Waals surface area contributed by atoms with Crippen molar-refractivity contribution in [1.29, 1.82) is 0 Å². The summed E-state index contributed by atoms with van der Waals surface area (Å²) in [6, 6.07) is 12.8. The van der Waals surface area contributed by atoms with Gasteiger partial charge in [-0.1, -0.05) is 41.4 Å². The van der Waals surface area contributed by atoms with Crippen molar-refractivity contribution in [3.8, 4) is 5.75 Å². The van der Waals surface area contributed by atoms with E-state index in [-0.39, 0.29) is 31.6 Å². The van der Waals surface area contributed by atoms with Crippen molar-refractivity contribution in [2.45, 2.75) is 32.5 Å². The number of hydrogen-bond acceptors (Lipinski definition) is 4. The maximum atomic E-state index is 12.7. The monoisotopic (exact) mass is 439 g/mol. The average molecular weight is 440 g/mol. The lowest BCUT2D eigenvalue weighted by atomic mass is 10.1. The molecular weight excluding hydrogens is 413 g/mol. The summed E-state index contributed by atoms with van der Waals surface area (Å²) in [6.07, 6.45) is -0.111. The first-order valence-corrected chi connectivity index (χ1v) is 10.2. The number of nitrogens with zero attached hydrogens (tertiary/aromatic N) is 1. The molecule has 0 aliphatic rings. The number of likely N-dealkylation sites (N-methyl/N-ethyl adjacent to an activating group) is 1. The number of aliphatic hydroxyl groups is 1. The molecule has 0 aliphatic heterocycles. The summed E-state index contributed by atoms with van der Waals surface area (Å²) in [5.74, 6) is 0.692. The van der Waals surface area contributed by atoms with Gasteiger partial charge in [-0.2, -0.15) is 0 Å². The Balaban J connectivity index is 2.06. The molecule has 0 spiro atoms. The van der Waals surface area contributed by atoms with Gasteiger partial charge in [0.05, 0.1) is 42.3 Å². The van der Waals surface area contributed by atoms with Crippen LogP contribution in [0.2, 0.25) is 10.0 Å². The van der Waals surface area contributed by atoms with E-state index in [1.54, 1.807) is 30.1 Å². The smallest absolute Gasteiger partial charge is 0.226 e. The zero-order valence-corrected chi connectivity index (χ0v) is 18.4. The molecule has 7 heteroatoms. The molecule has 0 aliphatic carbocycles. The molecule has 0 saturated heterocycles. The molecule has 5 nitrogen and oxygen atoms in total. The molecule has 0 fully saturated rings. The maximum Gasteiger partial charge on any atom is 0.226 e. The molecule has 1 atom stereocenters. The van der Waals surface area contributed by atoms with Gasteiger partial charge in [0.15, 0.2) is 0 Å². The third kappa shape index (κ3) is 7.52. The summed E-state index contributed by atoms with van der Waals surface area (Å²) in [5, 5.41) is 9.99. The summed E-state index contributed by atoms with van der Waals surface area (Å²) >= 11 is 12.1. The number of hydrogen-bond donors (Lipinski definition) is 1. The number of amides is 1. The van der Waals surface area contributed by atoms with E-state index in [4.69, 9.17) is 37.8 Å². The number of carbonyl (C=O) groups is 1. The lowest BCUT2D eigenvalue weighted by Crippen LogP contribution is -2.33. The van der Waals surface area contributed by atoms with Crippen LogP contribution in [0.25, 0.3) is 0 Å². The molecule has 29 heavy (non-hydrogen) atoms. The second-order valence-corrected chi connectivity index (χ2v) is 7.84. The standard InChI is InChI=1S/C22H27Cl2NO4/c1-15(2)29-18-6-4-5-16(11-18)12-22(27)25(3)14-21(28-10-9-26)17-7-8-19(23)20(24)13-17/h4-8,11,13,15,21,26H,9-10,12,14H2,1-3H3. The van der Waals surface area contributed by atoms with Crippen LogP contribution < -0.4 is 4.74 Å². The van der Waals surface area contributed by atoms with Crippen molar-refractivity contribution in [2.24, 2.45) is 0 Å². The van der Waals surface area contributed by atoms with Crippen LogP contribution in [0.4, 0.5) is 0 Å². The zero-order chi connectivity index (χ0) is 21.4. The fourth-order valence-electron chi connectivity index (χ4n) is 2.82. The molecule has 158 valence electrons. The van der Waals surface area contributed by atoms with Crippen molar-refractivity contribution in [3.05, 3.63) is 63.6 Å². The summed E-state index contributed by atoms with van der Waals surface area (Å²) in [6.45, 7) is 4.28. The van der Waals surface area contributed by atoms with Gasteiger partial charge in [0.25, 0.3) is 0 Å². The van der Waals surface area contributed by atoms with E-state index >= 15 is 0 Å². The summed E-state index contributed by atoms with van der Waals surface area (Å²) in [5.41, 5.74) is 1.67. The molecule has 1 N–H and O–H groups in total. The van der Waals surface area contributed by atoms with Crippen molar-refractivity contribution in [3.63, 3.8) is 0 Å². The van der Waals surface area contributed by atoms with Crippen molar-refractivity contribution < 1.29 is 19.4 Å². The third-order valence-corrected chi connectivity index (χ3v) is 4.96. The molecule has 2 rings (SSSR count). The Morgan fingerprint density at radius 3 is 2.55 bits per heavy atom. The van der Waals surface area contributed by atoms with Gasteiger partial charge in [0, 0.05) is 7.05 Å². The second kappa shape index (κ2) is 11.4. The number of benzene rings is 2. The van der Waals surface area contributed by atoms with Crippen LogP contribution in [-0.2, 0) is 16.0 Å². The van der Waals surface area contributed by atoms with E-state index in [0.29, 0.717) is 16.6 Å². The lowest BCUT2D eigenvalue weighted by Gasteiger charge is -2.25. The molecule has 0 bridgehead atoms. The van der Waals surface area contributed by atoms with Gasteiger partial charge in [-0.3, -0.25) is 4.79 Å². The SMILES string of the molecule is CC(C)Oc1cccc(CC(=O)N(C)CC(OCCO)c2ccc(Cl)c(Cl)c2)c1. The van der Waals surface area contributed by atoms with E-state index in [1.165, 1.54) is 0 Å². The molecular formula is C22H27Cl2NO4. The van der Waals surface area contributed by atoms with Crippen LogP contribution in [0.3, 0.4) is 0 Å². The van der Waals surface area contributed by atoms with Crippen LogP contribution in [-0.4, -0.2) is 48.8 Å². The molecule has 1 unspecified atom stereocenters. The van der Waals surface area contributed by atoms with E-state index in [1.807, 2.05) is 38.1 Å². The highest BCUT2D eigenvalue weighted by Crippen LogP contribution is 2.28. The van der Waals surface area contributed by atoms with Gasteiger partial charge in [-0.05, 0) is 49.2 Å². The Morgan fingerprint density at radius 1 is 1.14 bits per heavy atom. The largest absolute Gasteiger partial charge is 0.491 e. The summed E-state index contributed by atoms with van der Waals surface area (Å²) in [4.78, 5) is 14.4. The first-order chi connectivity index (χ1) is 13.8. The molecule has 0 aromatic heterocycles. The number of halogens is 2. The second-order valence-electron chi connectivity index (χ2n) is 7.02. The van der Waals surface area contributed by atoms with E-state index in [2.05, 4.69) is 0 Å². The fourth-order valence-corrected chi connectivity index (χ4v) is 3.13. The van der Waals surface area contributed by atoms with E-state index < -0.39 is 6.10 Å². The summed E-state index contributed by atoms with van der Waals surface area (Å²) < 4.78 is 11.4. The van der Waals surface area contributed by atoms with Crippen LogP contribution >= 0.6 is 23.2 Å². The van der Waals surface area contributed by atoms with Crippen molar-refractivity contribution in [2.75, 3.05) is 26.8 Å². The quantitative estimate of drug-likeness (QED) is 0.590. The Hall–Kier alpha value is -1.79. The minimum Gasteiger partial charge on any atom is -0.491 e. The Labute approximate surface area is 182 Å². The molecule has 0 saturated carbocycles. The highest BCUT2D eigenvalue weighted by molar-refractivity contribution is 6.42. The highest BCUT2D eigenvalue weighted by Gasteiger charge is 2.19. The topological polar surface area (TPSA) is 59.0 Å². The van der Waals surface area contributed by atoms with Crippen LogP contribution in [0.5, 0.6) is 5.75 Å². The third-order valence-electron chi connectivity index (χ3n) is 4.22. The number of aliphatic hydroxyl groups excluding tert-OH is 1. The Bertz CT molecular complexity index is 813. The van der Waals surface area contributed by atoms with Gasteiger partial charge in [-0.15, -0.1) is 0 Å². The van der Waals surface area contributed by atoms with Crippen molar-refractivity contribution >= 4 is 29.1 Å². The predicted molar refractivity (Wildman–Crippen MR) is 116 cm³/mol. The van der Waals surface area contributed by atoms with E-state index in [0.717, 1.165) is 16.9 Å². The highest BCUT2D eigenvalue weighted by atomic mass is 35.5. The minimum absolute atomic E-state index is 0.0515. The van der Waals surface area contributed by atoms with E-state index in [9.17, 15) is 4.79 Å². The predicted octanol–water partition coefficient (Wildman–Crippen LogP) is 4.53. The van der Waals surface area contributed by atoms with Crippen LogP contribution in [0.15, 0.2) is 42.5 Å². The van der Waals surface area contributed by atoms with Gasteiger partial charge in [-0.25, -0.2) is 0 Å². The number of carbonyl (C=O) groups excluding carboxylic acids is 1. The fraction of sp³-hybridized carbons (Fsp3) is 0.409. The van der Waals surface area contributed by atoms with Gasteiger partial charge in [0.2, 0.25) is 5.91 Å². The minimum atomic E-state index is -0.429. The zero-order valence-electron chi connectivity index (χ0n) is 16.9. The lowest BCUT2D eigenvalue weighted by molar-refractivity contribution is -0.131. The molecule has 0 heterocycles. The molecule has 0 radical (unpaired) electrons. The van der Waals surface area contributed by atoms with Gasteiger partial charge in [0.1, 0.15) is 11.9 Å². The van der Waals surface area contributed by atoms with Crippen LogP contribution in [0, 0.1) is 0 Å². The van der Waals surface area contributed by atoms with Crippen LogP contribution in [0.1, 0.15) is 31.1 Å². The Morgan fingerprint density at radius 2 is 1.90 bits per heavy atom. The first-order valence-electron chi connectivity index (χ1n) is 9.47. The number of rotatable bonds is 10. The molecule has 2 aromatic rings.